The zero-order valence-electron chi connectivity index (χ0n) is 12.0. The maximum atomic E-state index is 3.48. The van der Waals surface area contributed by atoms with Crippen molar-refractivity contribution in [3.8, 4) is 0 Å². The standard InChI is InChI=1S/C16H26N2/c1-4-10-18(16-8-9-17-11-16)12-15-7-5-6-13(2)14(15)3/h5-7,16-17H,4,8-12H2,1-3H3. The fourth-order valence-corrected chi connectivity index (χ4v) is 2.83. The fourth-order valence-electron chi connectivity index (χ4n) is 2.83. The third-order valence-electron chi connectivity index (χ3n) is 4.15. The fraction of sp³-hybridized carbons (Fsp3) is 0.625. The van der Waals surface area contributed by atoms with Crippen LogP contribution in [0, 0.1) is 13.8 Å². The Kier molecular flexibility index (Phi) is 4.79. The molecule has 1 aliphatic heterocycles. The lowest BCUT2D eigenvalue weighted by atomic mass is 10.0. The Morgan fingerprint density at radius 2 is 2.17 bits per heavy atom. The van der Waals surface area contributed by atoms with Crippen LogP contribution < -0.4 is 5.32 Å². The van der Waals surface area contributed by atoms with E-state index in [0.717, 1.165) is 19.1 Å². The number of benzene rings is 1. The molecule has 0 radical (unpaired) electrons. The van der Waals surface area contributed by atoms with E-state index >= 15 is 0 Å². The highest BCUT2D eigenvalue weighted by molar-refractivity contribution is 5.33. The van der Waals surface area contributed by atoms with Crippen LogP contribution in [-0.4, -0.2) is 30.6 Å². The van der Waals surface area contributed by atoms with E-state index in [4.69, 9.17) is 0 Å². The van der Waals surface area contributed by atoms with Crippen molar-refractivity contribution < 1.29 is 0 Å². The third-order valence-corrected chi connectivity index (χ3v) is 4.15. The number of rotatable bonds is 5. The van der Waals surface area contributed by atoms with Crippen LogP contribution in [-0.2, 0) is 6.54 Å². The monoisotopic (exact) mass is 246 g/mol. The van der Waals surface area contributed by atoms with E-state index in [2.05, 4.69) is 49.2 Å². The first-order chi connectivity index (χ1) is 8.72. The van der Waals surface area contributed by atoms with Crippen molar-refractivity contribution >= 4 is 0 Å². The molecule has 1 heterocycles. The smallest absolute Gasteiger partial charge is 0.0239 e. The zero-order chi connectivity index (χ0) is 13.0. The normalized spacial score (nSPS) is 19.7. The quantitative estimate of drug-likeness (QED) is 0.859. The highest BCUT2D eigenvalue weighted by Gasteiger charge is 2.22. The first-order valence-corrected chi connectivity index (χ1v) is 7.22. The van der Waals surface area contributed by atoms with Gasteiger partial charge in [-0.1, -0.05) is 25.1 Å². The van der Waals surface area contributed by atoms with Gasteiger partial charge in [-0.05, 0) is 56.5 Å². The zero-order valence-corrected chi connectivity index (χ0v) is 12.0. The molecule has 2 rings (SSSR count). The number of nitrogens with one attached hydrogen (secondary N) is 1. The van der Waals surface area contributed by atoms with Crippen LogP contribution in [0.15, 0.2) is 18.2 Å². The molecular formula is C16H26N2. The second kappa shape index (κ2) is 6.35. The predicted octanol–water partition coefficient (Wildman–Crippen LogP) is 2.88. The molecule has 1 N–H and O–H groups in total. The largest absolute Gasteiger partial charge is 0.315 e. The number of nitrogens with zero attached hydrogens (tertiary/aromatic N) is 1. The molecule has 0 saturated carbocycles. The summed E-state index contributed by atoms with van der Waals surface area (Å²) in [6, 6.07) is 7.41. The van der Waals surface area contributed by atoms with E-state index in [1.165, 1.54) is 42.6 Å². The van der Waals surface area contributed by atoms with E-state index in [9.17, 15) is 0 Å². The molecule has 0 aromatic heterocycles. The second-order valence-corrected chi connectivity index (χ2v) is 5.48. The number of hydrogen-bond donors (Lipinski definition) is 1. The van der Waals surface area contributed by atoms with Crippen molar-refractivity contribution in [2.45, 2.75) is 46.2 Å². The van der Waals surface area contributed by atoms with Crippen molar-refractivity contribution in [2.24, 2.45) is 0 Å². The minimum Gasteiger partial charge on any atom is -0.315 e. The summed E-state index contributed by atoms with van der Waals surface area (Å²) >= 11 is 0. The number of hydrogen-bond acceptors (Lipinski definition) is 2. The molecule has 0 amide bonds. The van der Waals surface area contributed by atoms with Crippen LogP contribution in [0.2, 0.25) is 0 Å². The highest BCUT2D eigenvalue weighted by atomic mass is 15.2. The lowest BCUT2D eigenvalue weighted by molar-refractivity contribution is 0.199. The van der Waals surface area contributed by atoms with Gasteiger partial charge in [0.2, 0.25) is 0 Å². The van der Waals surface area contributed by atoms with Gasteiger partial charge in [-0.3, -0.25) is 4.90 Å². The Morgan fingerprint density at radius 1 is 1.33 bits per heavy atom. The summed E-state index contributed by atoms with van der Waals surface area (Å²) in [4.78, 5) is 2.65. The molecule has 0 bridgehead atoms. The van der Waals surface area contributed by atoms with E-state index in [1.807, 2.05) is 0 Å². The maximum Gasteiger partial charge on any atom is 0.0239 e. The van der Waals surface area contributed by atoms with Gasteiger partial charge in [-0.15, -0.1) is 0 Å². The van der Waals surface area contributed by atoms with Crippen molar-refractivity contribution in [1.29, 1.82) is 0 Å². The molecule has 1 unspecified atom stereocenters. The molecule has 1 fully saturated rings. The van der Waals surface area contributed by atoms with Crippen LogP contribution >= 0.6 is 0 Å². The summed E-state index contributed by atoms with van der Waals surface area (Å²) in [6.45, 7) is 11.4. The highest BCUT2D eigenvalue weighted by Crippen LogP contribution is 2.18. The molecule has 1 aromatic rings. The Hall–Kier alpha value is -0.860. The van der Waals surface area contributed by atoms with Gasteiger partial charge in [0, 0.05) is 19.1 Å². The van der Waals surface area contributed by atoms with Crippen LogP contribution in [0.1, 0.15) is 36.5 Å². The average molecular weight is 246 g/mol. The molecular weight excluding hydrogens is 220 g/mol. The van der Waals surface area contributed by atoms with E-state index in [1.54, 1.807) is 0 Å². The summed E-state index contributed by atoms with van der Waals surface area (Å²) < 4.78 is 0. The minimum absolute atomic E-state index is 0.727. The van der Waals surface area contributed by atoms with Gasteiger partial charge < -0.3 is 5.32 Å². The summed E-state index contributed by atoms with van der Waals surface area (Å²) in [7, 11) is 0. The first kappa shape index (κ1) is 13.6. The molecule has 100 valence electrons. The van der Waals surface area contributed by atoms with Crippen molar-refractivity contribution in [3.05, 3.63) is 34.9 Å². The molecule has 0 spiro atoms. The van der Waals surface area contributed by atoms with Crippen molar-refractivity contribution in [2.75, 3.05) is 19.6 Å². The SMILES string of the molecule is CCCN(Cc1cccc(C)c1C)C1CCNC1. The second-order valence-electron chi connectivity index (χ2n) is 5.48. The van der Waals surface area contributed by atoms with Crippen LogP contribution in [0.4, 0.5) is 0 Å². The molecule has 0 aliphatic carbocycles. The summed E-state index contributed by atoms with van der Waals surface area (Å²) in [6.07, 6.45) is 2.53. The third kappa shape index (κ3) is 3.12. The van der Waals surface area contributed by atoms with Gasteiger partial charge in [0.25, 0.3) is 0 Å². The maximum absolute atomic E-state index is 3.48. The molecule has 2 nitrogen and oxygen atoms in total. The van der Waals surface area contributed by atoms with Gasteiger partial charge >= 0.3 is 0 Å². The molecule has 1 aromatic carbocycles. The molecule has 2 heteroatoms. The molecule has 18 heavy (non-hydrogen) atoms. The van der Waals surface area contributed by atoms with Gasteiger partial charge in [0.05, 0.1) is 0 Å². The Bertz CT molecular complexity index is 381. The van der Waals surface area contributed by atoms with Gasteiger partial charge in [-0.2, -0.15) is 0 Å². The van der Waals surface area contributed by atoms with Gasteiger partial charge in [0.1, 0.15) is 0 Å². The summed E-state index contributed by atoms with van der Waals surface area (Å²) in [5, 5.41) is 3.48. The Balaban J connectivity index is 2.10. The van der Waals surface area contributed by atoms with E-state index in [-0.39, 0.29) is 0 Å². The van der Waals surface area contributed by atoms with E-state index in [0.29, 0.717) is 0 Å². The predicted molar refractivity (Wildman–Crippen MR) is 77.9 cm³/mol. The topological polar surface area (TPSA) is 15.3 Å². The van der Waals surface area contributed by atoms with Crippen molar-refractivity contribution in [3.63, 3.8) is 0 Å². The minimum atomic E-state index is 0.727. The molecule has 1 aliphatic rings. The lowest BCUT2D eigenvalue weighted by Gasteiger charge is -2.28. The van der Waals surface area contributed by atoms with Gasteiger partial charge in [-0.25, -0.2) is 0 Å². The summed E-state index contributed by atoms with van der Waals surface area (Å²) in [5.41, 5.74) is 4.37. The lowest BCUT2D eigenvalue weighted by Crippen LogP contribution is -2.37. The van der Waals surface area contributed by atoms with Crippen LogP contribution in [0.5, 0.6) is 0 Å². The van der Waals surface area contributed by atoms with Gasteiger partial charge in [0.15, 0.2) is 0 Å². The molecule has 1 atom stereocenters. The van der Waals surface area contributed by atoms with Crippen LogP contribution in [0.25, 0.3) is 0 Å². The average Bonchev–Trinajstić information content (AvgIpc) is 2.88. The molecule has 1 saturated heterocycles. The van der Waals surface area contributed by atoms with Crippen LogP contribution in [0.3, 0.4) is 0 Å². The Morgan fingerprint density at radius 3 is 2.83 bits per heavy atom. The summed E-state index contributed by atoms with van der Waals surface area (Å²) in [5.74, 6) is 0. The first-order valence-electron chi connectivity index (χ1n) is 7.22. The van der Waals surface area contributed by atoms with Crippen molar-refractivity contribution in [1.82, 2.24) is 10.2 Å². The Labute approximate surface area is 111 Å². The number of aryl methyl sites for hydroxylation is 1. The van der Waals surface area contributed by atoms with E-state index < -0.39 is 0 Å².